The molecule has 1 nitrogen and oxygen atoms in total. The standard InChI is InChI=1S/C48H37N/c1-3-11-32(12-4-1)33-21-26-37(27-22-33)49(36-13-5-2-6-14-36)38-28-23-34(24-29-38)35-25-30-40-43-18-10-19-44-45-20-9-17-42(48(45)46(40)31-35)39-15-7-8-16-41(39)47(43)44/h1,3-4,7-12,15-31,36H,2,5-6,13-14H2. The zero-order chi connectivity index (χ0) is 32.3. The first-order chi connectivity index (χ1) is 24.3. The average molecular weight is 628 g/mol. The van der Waals surface area contributed by atoms with Crippen LogP contribution in [0.25, 0.3) is 77.9 Å². The number of anilines is 2. The van der Waals surface area contributed by atoms with Crippen molar-refractivity contribution >= 4 is 11.4 Å². The van der Waals surface area contributed by atoms with E-state index < -0.39 is 0 Å². The normalized spacial score (nSPS) is 14.0. The van der Waals surface area contributed by atoms with Crippen molar-refractivity contribution < 1.29 is 0 Å². The quantitative estimate of drug-likeness (QED) is 0.183. The van der Waals surface area contributed by atoms with Gasteiger partial charge < -0.3 is 4.90 Å². The fourth-order valence-corrected chi connectivity index (χ4v) is 8.85. The van der Waals surface area contributed by atoms with E-state index in [1.54, 1.807) is 0 Å². The lowest BCUT2D eigenvalue weighted by Gasteiger charge is -2.36. The van der Waals surface area contributed by atoms with Gasteiger partial charge in [-0.25, -0.2) is 0 Å². The Kier molecular flexibility index (Phi) is 6.65. The molecule has 0 amide bonds. The maximum Gasteiger partial charge on any atom is 0.0413 e. The second kappa shape index (κ2) is 11.5. The van der Waals surface area contributed by atoms with E-state index in [4.69, 9.17) is 0 Å². The van der Waals surface area contributed by atoms with Gasteiger partial charge in [0.25, 0.3) is 0 Å². The van der Waals surface area contributed by atoms with Crippen molar-refractivity contribution in [3.8, 4) is 77.9 Å². The topological polar surface area (TPSA) is 3.24 Å². The third-order valence-corrected chi connectivity index (χ3v) is 11.2. The summed E-state index contributed by atoms with van der Waals surface area (Å²) in [6, 6.07) is 59.6. The molecule has 0 radical (unpaired) electrons. The van der Waals surface area contributed by atoms with Crippen molar-refractivity contribution in [1.82, 2.24) is 0 Å². The lowest BCUT2D eigenvalue weighted by molar-refractivity contribution is 0.436. The van der Waals surface area contributed by atoms with Crippen LogP contribution < -0.4 is 4.90 Å². The van der Waals surface area contributed by atoms with Crippen LogP contribution in [0, 0.1) is 0 Å². The van der Waals surface area contributed by atoms with Gasteiger partial charge in [0, 0.05) is 17.4 Å². The summed E-state index contributed by atoms with van der Waals surface area (Å²) in [4.78, 5) is 2.61. The van der Waals surface area contributed by atoms with Crippen molar-refractivity contribution in [1.29, 1.82) is 0 Å². The maximum atomic E-state index is 2.61. The van der Waals surface area contributed by atoms with Crippen molar-refractivity contribution in [2.75, 3.05) is 4.90 Å². The fraction of sp³-hybridized carbons (Fsp3) is 0.125. The van der Waals surface area contributed by atoms with E-state index in [-0.39, 0.29) is 0 Å². The summed E-state index contributed by atoms with van der Waals surface area (Å²) in [7, 11) is 0. The first kappa shape index (κ1) is 28.4. The average Bonchev–Trinajstić information content (AvgIpc) is 3.29. The second-order valence-electron chi connectivity index (χ2n) is 13.9. The molecule has 3 aliphatic carbocycles. The molecule has 0 aromatic heterocycles. The third-order valence-electron chi connectivity index (χ3n) is 11.2. The summed E-state index contributed by atoms with van der Waals surface area (Å²) in [6.07, 6.45) is 6.42. The molecule has 0 N–H and O–H groups in total. The van der Waals surface area contributed by atoms with Crippen LogP contribution in [0.15, 0.2) is 158 Å². The number of hydrogen-bond donors (Lipinski definition) is 0. The Morgan fingerprint density at radius 2 is 0.776 bits per heavy atom. The van der Waals surface area contributed by atoms with Gasteiger partial charge in [-0.1, -0.05) is 147 Å². The molecule has 3 aliphatic rings. The second-order valence-corrected chi connectivity index (χ2v) is 13.9. The van der Waals surface area contributed by atoms with Gasteiger partial charge in [0.05, 0.1) is 0 Å². The van der Waals surface area contributed by atoms with Crippen LogP contribution in [-0.2, 0) is 0 Å². The Morgan fingerprint density at radius 3 is 1.41 bits per heavy atom. The highest BCUT2D eigenvalue weighted by atomic mass is 15.2. The molecule has 1 saturated carbocycles. The highest BCUT2D eigenvalue weighted by Gasteiger charge is 2.30. The van der Waals surface area contributed by atoms with Gasteiger partial charge in [0.2, 0.25) is 0 Å². The van der Waals surface area contributed by atoms with Crippen LogP contribution in [0.2, 0.25) is 0 Å². The molecule has 6 bridgehead atoms. The van der Waals surface area contributed by atoms with Crippen molar-refractivity contribution in [2.24, 2.45) is 0 Å². The molecule has 49 heavy (non-hydrogen) atoms. The molecule has 0 spiro atoms. The SMILES string of the molecule is c1ccc(-c2ccc(N(c3ccc(-c4ccc5c(c4)-c4c6cccc4-c4cccc-5c4-c4ccccc4-6)cc3)C3CCCCC3)cc2)cc1. The minimum absolute atomic E-state index is 0.516. The van der Waals surface area contributed by atoms with Crippen LogP contribution in [0.5, 0.6) is 0 Å². The van der Waals surface area contributed by atoms with Crippen molar-refractivity contribution in [3.05, 3.63) is 158 Å². The summed E-state index contributed by atoms with van der Waals surface area (Å²) in [5.41, 5.74) is 20.9. The number of benzene rings is 7. The molecule has 0 heterocycles. The van der Waals surface area contributed by atoms with Crippen LogP contribution in [0.3, 0.4) is 0 Å². The zero-order valence-corrected chi connectivity index (χ0v) is 27.6. The molecule has 10 rings (SSSR count). The Hall–Kier alpha value is -5.66. The number of rotatable bonds is 5. The first-order valence-corrected chi connectivity index (χ1v) is 17.9. The monoisotopic (exact) mass is 627 g/mol. The molecule has 0 atom stereocenters. The number of hydrogen-bond acceptors (Lipinski definition) is 1. The highest BCUT2D eigenvalue weighted by Crippen LogP contribution is 2.57. The van der Waals surface area contributed by atoms with E-state index in [2.05, 4.69) is 163 Å². The van der Waals surface area contributed by atoms with Gasteiger partial charge in [-0.15, -0.1) is 0 Å². The van der Waals surface area contributed by atoms with Crippen LogP contribution >= 0.6 is 0 Å². The smallest absolute Gasteiger partial charge is 0.0413 e. The predicted molar refractivity (Wildman–Crippen MR) is 207 cm³/mol. The number of fused-ring (bicyclic) bond motifs is 4. The van der Waals surface area contributed by atoms with E-state index in [0.717, 1.165) is 0 Å². The maximum absolute atomic E-state index is 2.61. The van der Waals surface area contributed by atoms with Crippen molar-refractivity contribution in [3.63, 3.8) is 0 Å². The molecule has 0 saturated heterocycles. The summed E-state index contributed by atoms with van der Waals surface area (Å²) >= 11 is 0. The zero-order valence-electron chi connectivity index (χ0n) is 27.6. The summed E-state index contributed by atoms with van der Waals surface area (Å²) in [5, 5.41) is 0. The largest absolute Gasteiger partial charge is 0.338 e. The van der Waals surface area contributed by atoms with E-state index >= 15 is 0 Å². The van der Waals surface area contributed by atoms with Crippen LogP contribution in [0.1, 0.15) is 32.1 Å². The van der Waals surface area contributed by atoms with E-state index in [1.807, 2.05) is 0 Å². The minimum Gasteiger partial charge on any atom is -0.338 e. The predicted octanol–water partition coefficient (Wildman–Crippen LogP) is 13.5. The van der Waals surface area contributed by atoms with Gasteiger partial charge in [-0.3, -0.25) is 0 Å². The van der Waals surface area contributed by atoms with Crippen molar-refractivity contribution in [2.45, 2.75) is 38.1 Å². The fourth-order valence-electron chi connectivity index (χ4n) is 8.85. The Bertz CT molecular complexity index is 2320. The van der Waals surface area contributed by atoms with Gasteiger partial charge >= 0.3 is 0 Å². The molecule has 7 aromatic carbocycles. The summed E-state index contributed by atoms with van der Waals surface area (Å²) < 4.78 is 0. The van der Waals surface area contributed by atoms with Gasteiger partial charge in [0.15, 0.2) is 0 Å². The first-order valence-electron chi connectivity index (χ1n) is 17.9. The minimum atomic E-state index is 0.516. The lowest BCUT2D eigenvalue weighted by atomic mass is 9.82. The molecule has 0 unspecified atom stereocenters. The molecule has 1 fully saturated rings. The Balaban J connectivity index is 1.06. The molecule has 0 aliphatic heterocycles. The molecular weight excluding hydrogens is 591 g/mol. The summed E-state index contributed by atoms with van der Waals surface area (Å²) in [5.74, 6) is 0. The van der Waals surface area contributed by atoms with Crippen LogP contribution in [-0.4, -0.2) is 6.04 Å². The summed E-state index contributed by atoms with van der Waals surface area (Å²) in [6.45, 7) is 0. The van der Waals surface area contributed by atoms with Crippen LogP contribution in [0.4, 0.5) is 11.4 Å². The van der Waals surface area contributed by atoms with Gasteiger partial charge in [-0.05, 0) is 121 Å². The Morgan fingerprint density at radius 1 is 0.327 bits per heavy atom. The van der Waals surface area contributed by atoms with E-state index in [9.17, 15) is 0 Å². The number of nitrogens with zero attached hydrogens (tertiary/aromatic N) is 1. The Labute approximate surface area is 289 Å². The van der Waals surface area contributed by atoms with Gasteiger partial charge in [-0.2, -0.15) is 0 Å². The molecule has 1 heteroatoms. The highest BCUT2D eigenvalue weighted by molar-refractivity contribution is 6.15. The molecular formula is C48H37N. The molecule has 234 valence electrons. The van der Waals surface area contributed by atoms with Gasteiger partial charge in [0.1, 0.15) is 0 Å². The molecule has 7 aromatic rings. The third kappa shape index (κ3) is 4.60. The van der Waals surface area contributed by atoms with E-state index in [1.165, 1.54) is 121 Å². The van der Waals surface area contributed by atoms with E-state index in [0.29, 0.717) is 6.04 Å². The lowest BCUT2D eigenvalue weighted by Crippen LogP contribution is -2.32.